The van der Waals surface area contributed by atoms with Crippen LogP contribution in [0.2, 0.25) is 0 Å². The number of piperidine rings is 1. The smallest absolute Gasteiger partial charge is 0.228 e. The van der Waals surface area contributed by atoms with Crippen molar-refractivity contribution in [2.24, 2.45) is 0 Å². The topological polar surface area (TPSA) is 51.0 Å². The molecule has 1 atom stereocenters. The number of hydrogen-bond donors (Lipinski definition) is 0. The molecule has 3 heterocycles. The van der Waals surface area contributed by atoms with Crippen LogP contribution in [0.1, 0.15) is 36.0 Å². The van der Waals surface area contributed by atoms with Gasteiger partial charge in [-0.1, -0.05) is 24.3 Å². The van der Waals surface area contributed by atoms with E-state index >= 15 is 0 Å². The molecule has 1 aromatic carbocycles. The fourth-order valence-corrected chi connectivity index (χ4v) is 4.12. The van der Waals surface area contributed by atoms with Gasteiger partial charge in [-0.3, -0.25) is 9.36 Å². The summed E-state index contributed by atoms with van der Waals surface area (Å²) in [6, 6.07) is 14.1. The van der Waals surface area contributed by atoms with Crippen molar-refractivity contribution in [3.63, 3.8) is 0 Å². The highest BCUT2D eigenvalue weighted by Gasteiger charge is 2.31. The lowest BCUT2D eigenvalue weighted by Gasteiger charge is -2.35. The summed E-state index contributed by atoms with van der Waals surface area (Å²) in [6.45, 7) is 0.788. The lowest BCUT2D eigenvalue weighted by molar-refractivity contribution is -0.134. The van der Waals surface area contributed by atoms with Crippen molar-refractivity contribution < 1.29 is 4.79 Å². The van der Waals surface area contributed by atoms with Gasteiger partial charge in [-0.25, -0.2) is 0 Å². The first-order valence-electron chi connectivity index (χ1n) is 8.60. The average molecular weight is 352 g/mol. The zero-order valence-electron chi connectivity index (χ0n) is 13.9. The van der Waals surface area contributed by atoms with Crippen LogP contribution < -0.4 is 0 Å². The Hall–Kier alpha value is -2.47. The van der Waals surface area contributed by atoms with Crippen molar-refractivity contribution >= 4 is 17.2 Å². The summed E-state index contributed by atoms with van der Waals surface area (Å²) in [4.78, 5) is 16.0. The van der Waals surface area contributed by atoms with Crippen LogP contribution >= 0.6 is 11.3 Å². The molecule has 6 heteroatoms. The van der Waals surface area contributed by atoms with E-state index < -0.39 is 0 Å². The molecule has 5 nitrogen and oxygen atoms in total. The van der Waals surface area contributed by atoms with Gasteiger partial charge in [-0.15, -0.1) is 21.5 Å². The molecule has 25 heavy (non-hydrogen) atoms. The van der Waals surface area contributed by atoms with E-state index in [1.54, 1.807) is 17.7 Å². The molecule has 0 aliphatic carbocycles. The molecule has 0 radical (unpaired) electrons. The van der Waals surface area contributed by atoms with Gasteiger partial charge in [0.2, 0.25) is 5.91 Å². The lowest BCUT2D eigenvalue weighted by Crippen LogP contribution is -2.40. The maximum Gasteiger partial charge on any atom is 0.228 e. The van der Waals surface area contributed by atoms with Crippen LogP contribution in [0.15, 0.2) is 54.2 Å². The molecule has 0 saturated carbocycles. The minimum Gasteiger partial charge on any atom is -0.332 e. The van der Waals surface area contributed by atoms with E-state index in [-0.39, 0.29) is 11.9 Å². The number of benzene rings is 1. The summed E-state index contributed by atoms with van der Waals surface area (Å²) in [6.07, 6.45) is 5.29. The van der Waals surface area contributed by atoms with Gasteiger partial charge in [0.1, 0.15) is 6.33 Å². The minimum atomic E-state index is -0.0103. The predicted molar refractivity (Wildman–Crippen MR) is 97.7 cm³/mol. The van der Waals surface area contributed by atoms with Crippen molar-refractivity contribution in [2.75, 3.05) is 6.54 Å². The number of carbonyl (C=O) groups excluding carboxylic acids is 1. The van der Waals surface area contributed by atoms with Gasteiger partial charge in [0.25, 0.3) is 0 Å². The van der Waals surface area contributed by atoms with Gasteiger partial charge in [0, 0.05) is 17.1 Å². The lowest BCUT2D eigenvalue weighted by atomic mass is 10.0. The molecule has 0 bridgehead atoms. The zero-order valence-corrected chi connectivity index (χ0v) is 14.7. The molecule has 1 fully saturated rings. The Balaban J connectivity index is 1.62. The number of rotatable bonds is 4. The molecule has 128 valence electrons. The molecule has 1 aliphatic heterocycles. The fraction of sp³-hybridized carbons (Fsp3) is 0.316. The molecule has 0 N–H and O–H groups in total. The zero-order chi connectivity index (χ0) is 17.1. The highest BCUT2D eigenvalue weighted by molar-refractivity contribution is 7.10. The highest BCUT2D eigenvalue weighted by Crippen LogP contribution is 2.31. The highest BCUT2D eigenvalue weighted by atomic mass is 32.1. The van der Waals surface area contributed by atoms with Gasteiger partial charge in [-0.2, -0.15) is 0 Å². The van der Waals surface area contributed by atoms with Crippen LogP contribution in [-0.4, -0.2) is 32.1 Å². The molecule has 0 spiro atoms. The van der Waals surface area contributed by atoms with Gasteiger partial charge >= 0.3 is 0 Å². The van der Waals surface area contributed by atoms with E-state index in [2.05, 4.69) is 10.2 Å². The summed E-state index contributed by atoms with van der Waals surface area (Å²) >= 11 is 1.63. The maximum atomic E-state index is 12.9. The van der Waals surface area contributed by atoms with Crippen LogP contribution in [0.25, 0.3) is 5.69 Å². The van der Waals surface area contributed by atoms with Crippen molar-refractivity contribution in [3.05, 3.63) is 64.9 Å². The Kier molecular flexibility index (Phi) is 4.61. The third-order valence-electron chi connectivity index (χ3n) is 4.64. The Bertz CT molecular complexity index is 828. The van der Waals surface area contributed by atoms with Gasteiger partial charge < -0.3 is 4.90 Å². The first kappa shape index (κ1) is 16.0. The van der Waals surface area contributed by atoms with E-state index in [0.717, 1.165) is 42.2 Å². The summed E-state index contributed by atoms with van der Waals surface area (Å²) in [5.41, 5.74) is 1.03. The maximum absolute atomic E-state index is 12.9. The van der Waals surface area contributed by atoms with Gasteiger partial charge in [0.05, 0.1) is 12.5 Å². The van der Waals surface area contributed by atoms with E-state index in [4.69, 9.17) is 0 Å². The number of thiophene rings is 1. The van der Waals surface area contributed by atoms with E-state index in [9.17, 15) is 4.79 Å². The summed E-state index contributed by atoms with van der Waals surface area (Å²) in [5.74, 6) is 1.03. The van der Waals surface area contributed by atoms with Crippen LogP contribution in [0.3, 0.4) is 0 Å². The Labute approximate surface area is 150 Å². The second-order valence-electron chi connectivity index (χ2n) is 6.25. The van der Waals surface area contributed by atoms with Crippen LogP contribution in [0.5, 0.6) is 0 Å². The Morgan fingerprint density at radius 3 is 2.84 bits per heavy atom. The molecule has 1 saturated heterocycles. The number of aromatic nitrogens is 3. The fourth-order valence-electron chi connectivity index (χ4n) is 3.42. The number of likely N-dealkylation sites (tertiary alicyclic amines) is 1. The molecule has 3 aromatic rings. The second kappa shape index (κ2) is 7.19. The van der Waals surface area contributed by atoms with Crippen molar-refractivity contribution in [3.8, 4) is 5.69 Å². The Morgan fingerprint density at radius 1 is 1.16 bits per heavy atom. The molecule has 0 unspecified atom stereocenters. The molecular formula is C19H20N4OS. The molecule has 1 amide bonds. The molecule has 2 aromatic heterocycles. The number of nitrogens with zero attached hydrogens (tertiary/aromatic N) is 4. The first-order valence-corrected chi connectivity index (χ1v) is 9.48. The first-order chi connectivity index (χ1) is 12.3. The summed E-state index contributed by atoms with van der Waals surface area (Å²) in [7, 11) is 0. The van der Waals surface area contributed by atoms with Crippen molar-refractivity contribution in [1.29, 1.82) is 0 Å². The minimum absolute atomic E-state index is 0.0103. The molecule has 4 rings (SSSR count). The molecular weight excluding hydrogens is 332 g/mol. The quantitative estimate of drug-likeness (QED) is 0.720. The number of amides is 1. The van der Waals surface area contributed by atoms with Crippen LogP contribution in [-0.2, 0) is 11.2 Å². The number of carbonyl (C=O) groups is 1. The normalized spacial score (nSPS) is 17.6. The largest absolute Gasteiger partial charge is 0.332 e. The Morgan fingerprint density at radius 2 is 2.04 bits per heavy atom. The van der Waals surface area contributed by atoms with Crippen molar-refractivity contribution in [2.45, 2.75) is 31.7 Å². The van der Waals surface area contributed by atoms with E-state index in [1.807, 2.05) is 57.3 Å². The van der Waals surface area contributed by atoms with Crippen LogP contribution in [0, 0.1) is 0 Å². The third kappa shape index (κ3) is 3.35. The van der Waals surface area contributed by atoms with Gasteiger partial charge in [-0.05, 0) is 42.8 Å². The SMILES string of the molecule is O=C(Cc1cccs1)N1CCCC[C@@H]1c1nncn1-c1ccccc1. The number of para-hydroxylation sites is 1. The number of hydrogen-bond acceptors (Lipinski definition) is 4. The summed E-state index contributed by atoms with van der Waals surface area (Å²) in [5, 5.41) is 10.5. The molecule has 1 aliphatic rings. The predicted octanol–water partition coefficient (Wildman–Crippen LogP) is 3.63. The standard InChI is InChI=1S/C19H20N4OS/c24-18(13-16-9-6-12-25-16)22-11-5-4-10-17(22)19-21-20-14-23(19)15-7-2-1-3-8-15/h1-3,6-9,12,14,17H,4-5,10-11,13H2/t17-/m1/s1. The van der Waals surface area contributed by atoms with Gasteiger partial charge in [0.15, 0.2) is 5.82 Å². The monoisotopic (exact) mass is 352 g/mol. The van der Waals surface area contributed by atoms with E-state index in [1.165, 1.54) is 0 Å². The van der Waals surface area contributed by atoms with Crippen molar-refractivity contribution in [1.82, 2.24) is 19.7 Å². The average Bonchev–Trinajstić information content (AvgIpc) is 3.34. The summed E-state index contributed by atoms with van der Waals surface area (Å²) < 4.78 is 2.00. The second-order valence-corrected chi connectivity index (χ2v) is 7.28. The van der Waals surface area contributed by atoms with Crippen LogP contribution in [0.4, 0.5) is 0 Å². The van der Waals surface area contributed by atoms with E-state index in [0.29, 0.717) is 6.42 Å². The third-order valence-corrected chi connectivity index (χ3v) is 5.51.